The van der Waals surface area contributed by atoms with Crippen molar-refractivity contribution < 1.29 is 17.6 Å². The first kappa shape index (κ1) is 9.03. The fourth-order valence-electron chi connectivity index (χ4n) is 0.834. The highest BCUT2D eigenvalue weighted by Gasteiger charge is 2.27. The van der Waals surface area contributed by atoms with Crippen LogP contribution in [-0.2, 0) is 6.42 Å². The Kier molecular flexibility index (Phi) is 2.35. The van der Waals surface area contributed by atoms with E-state index in [0.29, 0.717) is 0 Å². The molecule has 0 amide bonds. The Morgan fingerprint density at radius 1 is 1.00 bits per heavy atom. The lowest BCUT2D eigenvalue weighted by atomic mass is 10.1. The molecule has 12 heavy (non-hydrogen) atoms. The summed E-state index contributed by atoms with van der Waals surface area (Å²) in [7, 11) is 0. The van der Waals surface area contributed by atoms with E-state index in [4.69, 9.17) is 0 Å². The molecule has 1 aromatic rings. The Bertz CT molecular complexity index is 247. The first-order chi connectivity index (χ1) is 5.47. The molecule has 0 radical (unpaired) electrons. The summed E-state index contributed by atoms with van der Waals surface area (Å²) < 4.78 is 47.5. The Morgan fingerprint density at radius 3 is 1.92 bits per heavy atom. The average molecular weight is 178 g/mol. The summed E-state index contributed by atoms with van der Waals surface area (Å²) in [6.07, 6.45) is -5.23. The standard InChI is InChI=1S/C8H6F4/c9-7-3-1-6(2-4-7)5-8(10,11)12/h1-4H,5H2. The van der Waals surface area contributed by atoms with Crippen LogP contribution in [0.2, 0.25) is 0 Å². The second kappa shape index (κ2) is 3.13. The van der Waals surface area contributed by atoms with Gasteiger partial charge in [0, 0.05) is 0 Å². The second-order valence-corrected chi connectivity index (χ2v) is 2.42. The van der Waals surface area contributed by atoms with Gasteiger partial charge in [0.2, 0.25) is 0 Å². The van der Waals surface area contributed by atoms with E-state index in [1.807, 2.05) is 0 Å². The van der Waals surface area contributed by atoms with Crippen molar-refractivity contribution in [1.29, 1.82) is 0 Å². The minimum atomic E-state index is -4.22. The molecule has 0 N–H and O–H groups in total. The lowest BCUT2D eigenvalue weighted by molar-refractivity contribution is -0.127. The van der Waals surface area contributed by atoms with Crippen molar-refractivity contribution in [3.05, 3.63) is 35.6 Å². The third-order valence-corrected chi connectivity index (χ3v) is 1.32. The molecule has 0 bridgehead atoms. The van der Waals surface area contributed by atoms with Crippen molar-refractivity contribution in [2.75, 3.05) is 0 Å². The predicted octanol–water partition coefficient (Wildman–Crippen LogP) is 2.93. The largest absolute Gasteiger partial charge is 0.393 e. The molecular weight excluding hydrogens is 172 g/mol. The van der Waals surface area contributed by atoms with Crippen LogP contribution in [0, 0.1) is 5.82 Å². The summed E-state index contributed by atoms with van der Waals surface area (Å²) in [4.78, 5) is 0. The maximum atomic E-state index is 12.2. The maximum Gasteiger partial charge on any atom is 0.393 e. The van der Waals surface area contributed by atoms with E-state index in [2.05, 4.69) is 0 Å². The molecule has 1 rings (SSSR count). The fourth-order valence-corrected chi connectivity index (χ4v) is 0.834. The number of rotatable bonds is 1. The minimum absolute atomic E-state index is 0.0731. The van der Waals surface area contributed by atoms with Crippen molar-refractivity contribution in [1.82, 2.24) is 0 Å². The summed E-state index contributed by atoms with van der Waals surface area (Å²) in [5.41, 5.74) is 0.0731. The van der Waals surface area contributed by atoms with Gasteiger partial charge in [0.05, 0.1) is 6.42 Å². The van der Waals surface area contributed by atoms with Crippen LogP contribution in [0.3, 0.4) is 0 Å². The minimum Gasteiger partial charge on any atom is -0.207 e. The molecule has 0 aliphatic rings. The molecule has 0 spiro atoms. The van der Waals surface area contributed by atoms with Gasteiger partial charge < -0.3 is 0 Å². The van der Waals surface area contributed by atoms with Crippen LogP contribution in [0.1, 0.15) is 5.56 Å². The molecule has 0 saturated carbocycles. The van der Waals surface area contributed by atoms with Gasteiger partial charge in [-0.2, -0.15) is 13.2 Å². The highest BCUT2D eigenvalue weighted by atomic mass is 19.4. The average Bonchev–Trinajstić information content (AvgIpc) is 1.91. The normalized spacial score (nSPS) is 11.7. The molecule has 0 nitrogen and oxygen atoms in total. The molecule has 0 heterocycles. The molecule has 0 unspecified atom stereocenters. The van der Waals surface area contributed by atoms with Crippen molar-refractivity contribution in [3.8, 4) is 0 Å². The zero-order valence-electron chi connectivity index (χ0n) is 6.03. The highest BCUT2D eigenvalue weighted by Crippen LogP contribution is 2.20. The van der Waals surface area contributed by atoms with Crippen molar-refractivity contribution >= 4 is 0 Å². The zero-order valence-corrected chi connectivity index (χ0v) is 6.03. The van der Waals surface area contributed by atoms with Crippen molar-refractivity contribution in [2.45, 2.75) is 12.6 Å². The lowest BCUT2D eigenvalue weighted by Crippen LogP contribution is -2.11. The topological polar surface area (TPSA) is 0 Å². The van der Waals surface area contributed by atoms with Gasteiger partial charge >= 0.3 is 6.18 Å². The number of hydrogen-bond donors (Lipinski definition) is 0. The van der Waals surface area contributed by atoms with Gasteiger partial charge in [0.1, 0.15) is 5.82 Å². The molecule has 1 aromatic carbocycles. The van der Waals surface area contributed by atoms with Crippen LogP contribution in [0.15, 0.2) is 24.3 Å². The van der Waals surface area contributed by atoms with E-state index in [1.54, 1.807) is 0 Å². The van der Waals surface area contributed by atoms with Crippen LogP contribution >= 0.6 is 0 Å². The number of hydrogen-bond acceptors (Lipinski definition) is 0. The van der Waals surface area contributed by atoms with Gasteiger partial charge in [-0.15, -0.1) is 0 Å². The van der Waals surface area contributed by atoms with Crippen LogP contribution < -0.4 is 0 Å². The van der Waals surface area contributed by atoms with Gasteiger partial charge in [-0.25, -0.2) is 4.39 Å². The van der Waals surface area contributed by atoms with Gasteiger partial charge in [-0.05, 0) is 17.7 Å². The van der Waals surface area contributed by atoms with Crippen molar-refractivity contribution in [2.24, 2.45) is 0 Å². The van der Waals surface area contributed by atoms with Crippen LogP contribution in [0.4, 0.5) is 17.6 Å². The molecule has 0 saturated heterocycles. The summed E-state index contributed by atoms with van der Waals surface area (Å²) in [5.74, 6) is -0.527. The van der Waals surface area contributed by atoms with Crippen molar-refractivity contribution in [3.63, 3.8) is 0 Å². The van der Waals surface area contributed by atoms with Crippen LogP contribution in [-0.4, -0.2) is 6.18 Å². The van der Waals surface area contributed by atoms with E-state index < -0.39 is 18.4 Å². The summed E-state index contributed by atoms with van der Waals surface area (Å²) in [5, 5.41) is 0. The SMILES string of the molecule is Fc1ccc(CC(F)(F)F)cc1. The Balaban J connectivity index is 2.71. The third-order valence-electron chi connectivity index (χ3n) is 1.32. The molecule has 0 aromatic heterocycles. The Hall–Kier alpha value is -1.06. The monoisotopic (exact) mass is 178 g/mol. The number of halogens is 4. The predicted molar refractivity (Wildman–Crippen MR) is 36.2 cm³/mol. The van der Waals surface area contributed by atoms with Gasteiger partial charge in [0.15, 0.2) is 0 Å². The smallest absolute Gasteiger partial charge is 0.207 e. The lowest BCUT2D eigenvalue weighted by Gasteiger charge is -2.05. The molecular formula is C8H6F4. The summed E-state index contributed by atoms with van der Waals surface area (Å²) in [6, 6.07) is 4.29. The van der Waals surface area contributed by atoms with E-state index in [9.17, 15) is 17.6 Å². The van der Waals surface area contributed by atoms with E-state index in [-0.39, 0.29) is 5.56 Å². The second-order valence-electron chi connectivity index (χ2n) is 2.42. The first-order valence-electron chi connectivity index (χ1n) is 3.28. The molecule has 0 fully saturated rings. The molecule has 0 atom stereocenters. The fraction of sp³-hybridized carbons (Fsp3) is 0.250. The third kappa shape index (κ3) is 2.90. The van der Waals surface area contributed by atoms with E-state index >= 15 is 0 Å². The van der Waals surface area contributed by atoms with E-state index in [0.717, 1.165) is 24.3 Å². The first-order valence-corrected chi connectivity index (χ1v) is 3.28. The maximum absolute atomic E-state index is 12.2. The zero-order chi connectivity index (χ0) is 9.19. The summed E-state index contributed by atoms with van der Waals surface area (Å²) >= 11 is 0. The van der Waals surface area contributed by atoms with Gasteiger partial charge in [0.25, 0.3) is 0 Å². The van der Waals surface area contributed by atoms with E-state index in [1.165, 1.54) is 0 Å². The van der Waals surface area contributed by atoms with Crippen LogP contribution in [0.25, 0.3) is 0 Å². The van der Waals surface area contributed by atoms with Crippen LogP contribution in [0.5, 0.6) is 0 Å². The molecule has 66 valence electrons. The van der Waals surface area contributed by atoms with Gasteiger partial charge in [-0.3, -0.25) is 0 Å². The highest BCUT2D eigenvalue weighted by molar-refractivity contribution is 5.16. The Morgan fingerprint density at radius 2 is 1.50 bits per heavy atom. The Labute approximate surface area is 66.8 Å². The number of benzene rings is 1. The number of alkyl halides is 3. The molecule has 4 heteroatoms. The molecule has 0 aliphatic carbocycles. The molecule has 0 aliphatic heterocycles. The van der Waals surface area contributed by atoms with Gasteiger partial charge in [-0.1, -0.05) is 12.1 Å². The quantitative estimate of drug-likeness (QED) is 0.580. The summed E-state index contributed by atoms with van der Waals surface area (Å²) in [6.45, 7) is 0.